The van der Waals surface area contributed by atoms with Crippen molar-refractivity contribution in [1.82, 2.24) is 4.90 Å². The zero-order chi connectivity index (χ0) is 16.6. The highest BCUT2D eigenvalue weighted by Gasteiger charge is 2.45. The van der Waals surface area contributed by atoms with Gasteiger partial charge in [0.05, 0.1) is 17.4 Å². The first-order valence-electron chi connectivity index (χ1n) is 7.83. The van der Waals surface area contributed by atoms with Crippen LogP contribution >= 0.6 is 0 Å². The van der Waals surface area contributed by atoms with E-state index in [0.717, 1.165) is 30.8 Å². The Morgan fingerprint density at radius 3 is 2.48 bits per heavy atom. The largest absolute Gasteiger partial charge is 0.293 e. The predicted octanol–water partition coefficient (Wildman–Crippen LogP) is 1.96. The maximum atomic E-state index is 12.7. The molecule has 0 unspecified atom stereocenters. The average Bonchev–Trinajstić information content (AvgIpc) is 2.83. The van der Waals surface area contributed by atoms with Gasteiger partial charge in [0.1, 0.15) is 5.69 Å². The molecule has 0 bridgehead atoms. The fourth-order valence-electron chi connectivity index (χ4n) is 3.30. The number of amides is 2. The topological polar surface area (TPSA) is 83.8 Å². The number of anilines is 1. The van der Waals surface area contributed by atoms with Crippen LogP contribution in [0.25, 0.3) is 0 Å². The third kappa shape index (κ3) is 2.84. The second-order valence-electron chi connectivity index (χ2n) is 6.25. The van der Waals surface area contributed by atoms with Gasteiger partial charge in [0.15, 0.2) is 0 Å². The van der Waals surface area contributed by atoms with Crippen LogP contribution in [0.15, 0.2) is 24.3 Å². The van der Waals surface area contributed by atoms with E-state index in [-0.39, 0.29) is 29.6 Å². The van der Waals surface area contributed by atoms with Crippen LogP contribution in [0, 0.1) is 16.0 Å². The Balaban J connectivity index is 1.86. The van der Waals surface area contributed by atoms with Crippen LogP contribution in [0.2, 0.25) is 0 Å². The SMILES string of the molecule is CC1CCN([C@@H]2CC(=O)N(c3ccccc3[N+](=O)[O-])C2=O)CC1. The first-order valence-corrected chi connectivity index (χ1v) is 7.83. The molecule has 2 heterocycles. The Hall–Kier alpha value is -2.28. The molecular weight excluding hydrogens is 298 g/mol. The minimum atomic E-state index is -0.564. The van der Waals surface area contributed by atoms with Gasteiger partial charge >= 0.3 is 0 Å². The molecule has 2 aliphatic heterocycles. The molecule has 0 spiro atoms. The fourth-order valence-corrected chi connectivity index (χ4v) is 3.30. The van der Waals surface area contributed by atoms with Gasteiger partial charge in [-0.2, -0.15) is 0 Å². The van der Waals surface area contributed by atoms with Crippen LogP contribution in [-0.4, -0.2) is 40.8 Å². The number of nitro benzene ring substituents is 1. The molecule has 0 saturated carbocycles. The van der Waals surface area contributed by atoms with Crippen molar-refractivity contribution in [2.24, 2.45) is 5.92 Å². The molecule has 0 radical (unpaired) electrons. The molecule has 0 aliphatic carbocycles. The van der Waals surface area contributed by atoms with Crippen molar-refractivity contribution in [3.63, 3.8) is 0 Å². The monoisotopic (exact) mass is 317 g/mol. The molecular formula is C16H19N3O4. The number of likely N-dealkylation sites (tertiary alicyclic amines) is 1. The van der Waals surface area contributed by atoms with Gasteiger partial charge in [0.25, 0.3) is 11.6 Å². The van der Waals surface area contributed by atoms with Gasteiger partial charge < -0.3 is 0 Å². The maximum absolute atomic E-state index is 12.7. The summed E-state index contributed by atoms with van der Waals surface area (Å²) in [4.78, 5) is 38.7. The molecule has 2 aliphatic rings. The van der Waals surface area contributed by atoms with Crippen LogP contribution < -0.4 is 4.90 Å². The smallest absolute Gasteiger partial charge is 0.292 e. The third-order valence-electron chi connectivity index (χ3n) is 4.70. The van der Waals surface area contributed by atoms with Crippen molar-refractivity contribution in [1.29, 1.82) is 0 Å². The number of imide groups is 1. The molecule has 2 amide bonds. The van der Waals surface area contributed by atoms with Gasteiger partial charge in [0.2, 0.25) is 5.91 Å². The Kier molecular flexibility index (Phi) is 4.12. The molecule has 23 heavy (non-hydrogen) atoms. The maximum Gasteiger partial charge on any atom is 0.293 e. The first kappa shape index (κ1) is 15.6. The number of hydrogen-bond acceptors (Lipinski definition) is 5. The van der Waals surface area contributed by atoms with Crippen LogP contribution in [0.1, 0.15) is 26.2 Å². The molecule has 0 aromatic heterocycles. The fraction of sp³-hybridized carbons (Fsp3) is 0.500. The van der Waals surface area contributed by atoms with Crippen molar-refractivity contribution in [2.45, 2.75) is 32.2 Å². The highest BCUT2D eigenvalue weighted by atomic mass is 16.6. The molecule has 1 aromatic rings. The lowest BCUT2D eigenvalue weighted by atomic mass is 9.97. The molecule has 122 valence electrons. The Morgan fingerprint density at radius 1 is 1.17 bits per heavy atom. The van der Waals surface area contributed by atoms with E-state index in [4.69, 9.17) is 0 Å². The average molecular weight is 317 g/mol. The lowest BCUT2D eigenvalue weighted by Crippen LogP contribution is -2.45. The molecule has 0 N–H and O–H groups in total. The summed E-state index contributed by atoms with van der Waals surface area (Å²) < 4.78 is 0. The minimum absolute atomic E-state index is 0.0698. The summed E-state index contributed by atoms with van der Waals surface area (Å²) in [6.45, 7) is 3.75. The van der Waals surface area contributed by atoms with E-state index in [1.165, 1.54) is 18.2 Å². The second kappa shape index (κ2) is 6.08. The van der Waals surface area contributed by atoms with E-state index in [1.807, 2.05) is 4.90 Å². The highest BCUT2D eigenvalue weighted by molar-refractivity contribution is 6.23. The minimum Gasteiger partial charge on any atom is -0.292 e. The van der Waals surface area contributed by atoms with Crippen molar-refractivity contribution < 1.29 is 14.5 Å². The number of carbonyl (C=O) groups excluding carboxylic acids is 2. The molecule has 2 saturated heterocycles. The first-order chi connectivity index (χ1) is 11.0. The quantitative estimate of drug-likeness (QED) is 0.483. The molecule has 7 heteroatoms. The Morgan fingerprint density at radius 2 is 1.83 bits per heavy atom. The van der Waals surface area contributed by atoms with Crippen LogP contribution in [0.5, 0.6) is 0 Å². The van der Waals surface area contributed by atoms with E-state index in [2.05, 4.69) is 6.92 Å². The lowest BCUT2D eigenvalue weighted by Gasteiger charge is -2.33. The summed E-state index contributed by atoms with van der Waals surface area (Å²) in [5.41, 5.74) is -0.150. The van der Waals surface area contributed by atoms with Crippen molar-refractivity contribution in [2.75, 3.05) is 18.0 Å². The zero-order valence-corrected chi connectivity index (χ0v) is 13.0. The Labute approximate surface area is 134 Å². The van der Waals surface area contributed by atoms with Crippen molar-refractivity contribution >= 4 is 23.2 Å². The Bertz CT molecular complexity index is 652. The predicted molar refractivity (Wildman–Crippen MR) is 84.0 cm³/mol. The lowest BCUT2D eigenvalue weighted by molar-refractivity contribution is -0.384. The molecule has 3 rings (SSSR count). The van der Waals surface area contributed by atoms with Crippen LogP contribution in [0.4, 0.5) is 11.4 Å². The molecule has 1 aromatic carbocycles. The number of rotatable bonds is 3. The van der Waals surface area contributed by atoms with E-state index in [0.29, 0.717) is 5.92 Å². The van der Waals surface area contributed by atoms with Gasteiger partial charge in [-0.05, 0) is 37.9 Å². The van der Waals surface area contributed by atoms with Gasteiger partial charge in [0, 0.05) is 6.07 Å². The number of hydrogen-bond donors (Lipinski definition) is 0. The van der Waals surface area contributed by atoms with E-state index < -0.39 is 11.0 Å². The third-order valence-corrected chi connectivity index (χ3v) is 4.70. The van der Waals surface area contributed by atoms with Crippen molar-refractivity contribution in [3.8, 4) is 0 Å². The van der Waals surface area contributed by atoms with Crippen LogP contribution in [0.3, 0.4) is 0 Å². The summed E-state index contributed by atoms with van der Waals surface area (Å²) >= 11 is 0. The van der Waals surface area contributed by atoms with E-state index in [1.54, 1.807) is 6.07 Å². The summed E-state index contributed by atoms with van der Waals surface area (Å²) in [5, 5.41) is 11.2. The molecule has 1 atom stereocenters. The van der Waals surface area contributed by atoms with E-state index >= 15 is 0 Å². The number of nitrogens with zero attached hydrogens (tertiary/aromatic N) is 3. The summed E-state index contributed by atoms with van der Waals surface area (Å²) in [6, 6.07) is 5.39. The number of carbonyl (C=O) groups is 2. The highest BCUT2D eigenvalue weighted by Crippen LogP contribution is 2.33. The molecule has 2 fully saturated rings. The number of para-hydroxylation sites is 2. The number of piperidine rings is 1. The summed E-state index contributed by atoms with van der Waals surface area (Å²) in [5.74, 6) is -0.0865. The van der Waals surface area contributed by atoms with Crippen LogP contribution in [-0.2, 0) is 9.59 Å². The summed E-state index contributed by atoms with van der Waals surface area (Å²) in [6.07, 6.45) is 2.10. The normalized spacial score (nSPS) is 23.5. The molecule has 7 nitrogen and oxygen atoms in total. The number of nitro groups is 1. The van der Waals surface area contributed by atoms with E-state index in [9.17, 15) is 19.7 Å². The van der Waals surface area contributed by atoms with Crippen molar-refractivity contribution in [3.05, 3.63) is 34.4 Å². The summed E-state index contributed by atoms with van der Waals surface area (Å²) in [7, 11) is 0. The van der Waals surface area contributed by atoms with Gasteiger partial charge in [-0.1, -0.05) is 19.1 Å². The van der Waals surface area contributed by atoms with Gasteiger partial charge in [-0.15, -0.1) is 0 Å². The zero-order valence-electron chi connectivity index (χ0n) is 13.0. The second-order valence-corrected chi connectivity index (χ2v) is 6.25. The standard InChI is InChI=1S/C16H19N3O4/c1-11-6-8-17(9-7-11)14-10-15(20)18(16(14)21)12-4-2-3-5-13(12)19(22)23/h2-5,11,14H,6-10H2,1H3/t14-/m1/s1. The number of benzene rings is 1. The van der Waals surface area contributed by atoms with Gasteiger partial charge in [-0.3, -0.25) is 24.6 Å². The van der Waals surface area contributed by atoms with Gasteiger partial charge in [-0.25, -0.2) is 4.90 Å².